The lowest BCUT2D eigenvalue weighted by Gasteiger charge is -2.08. The Bertz CT molecular complexity index is 882. The fourth-order valence-electron chi connectivity index (χ4n) is 2.37. The fourth-order valence-corrected chi connectivity index (χ4v) is 2.37. The molecule has 112 valence electrons. The largest absolute Gasteiger partial charge is 0.298 e. The first-order valence-corrected chi connectivity index (χ1v) is 7.10. The van der Waals surface area contributed by atoms with Crippen LogP contribution in [0.15, 0.2) is 73.1 Å². The maximum absolute atomic E-state index is 5.29. The van der Waals surface area contributed by atoms with E-state index < -0.39 is 0 Å². The van der Waals surface area contributed by atoms with Crippen molar-refractivity contribution in [3.05, 3.63) is 73.1 Å². The van der Waals surface area contributed by atoms with Crippen molar-refractivity contribution < 1.29 is 14.8 Å². The highest BCUT2D eigenvalue weighted by atomic mass is 17.5. The molecule has 2 heterocycles. The van der Waals surface area contributed by atoms with E-state index in [2.05, 4.69) is 9.97 Å². The molecule has 0 atom stereocenters. The lowest BCUT2D eigenvalue weighted by atomic mass is 10.2. The molecule has 0 N–H and O–H groups in total. The predicted molar refractivity (Wildman–Crippen MR) is 85.8 cm³/mol. The van der Waals surface area contributed by atoms with Crippen molar-refractivity contribution in [2.45, 2.75) is 0 Å². The molecule has 4 rings (SSSR count). The Labute approximate surface area is 131 Å². The molecule has 0 aliphatic carbocycles. The van der Waals surface area contributed by atoms with Gasteiger partial charge in [-0.15, -0.1) is 0 Å². The van der Waals surface area contributed by atoms with Crippen LogP contribution in [0.3, 0.4) is 0 Å². The second-order valence-electron chi connectivity index (χ2n) is 4.89. The topological polar surface area (TPSA) is 53.5 Å². The SMILES string of the molecule is c1ccc2c(OOOc3ccnc4ccccc34)ccnc2c1. The Morgan fingerprint density at radius 1 is 0.565 bits per heavy atom. The van der Waals surface area contributed by atoms with E-state index in [1.165, 1.54) is 0 Å². The molecule has 2 aromatic carbocycles. The van der Waals surface area contributed by atoms with E-state index in [4.69, 9.17) is 14.8 Å². The minimum Gasteiger partial charge on any atom is -0.298 e. The zero-order valence-corrected chi connectivity index (χ0v) is 12.0. The van der Waals surface area contributed by atoms with Crippen LogP contribution in [0.5, 0.6) is 11.5 Å². The first-order chi connectivity index (χ1) is 11.4. The van der Waals surface area contributed by atoms with Gasteiger partial charge < -0.3 is 0 Å². The van der Waals surface area contributed by atoms with Crippen LogP contribution >= 0.6 is 0 Å². The molecule has 2 aromatic heterocycles. The Hall–Kier alpha value is -3.18. The third kappa shape index (κ3) is 2.65. The van der Waals surface area contributed by atoms with Gasteiger partial charge in [0, 0.05) is 40.3 Å². The Morgan fingerprint density at radius 3 is 1.57 bits per heavy atom. The average molecular weight is 304 g/mol. The van der Waals surface area contributed by atoms with Gasteiger partial charge in [0.25, 0.3) is 0 Å². The van der Waals surface area contributed by atoms with Crippen molar-refractivity contribution in [2.24, 2.45) is 0 Å². The Balaban J connectivity index is 1.55. The molecule has 4 aromatic rings. The highest BCUT2D eigenvalue weighted by Gasteiger charge is 2.06. The van der Waals surface area contributed by atoms with Crippen LogP contribution < -0.4 is 9.78 Å². The lowest BCUT2D eigenvalue weighted by Crippen LogP contribution is -2.03. The van der Waals surface area contributed by atoms with Gasteiger partial charge in [0.1, 0.15) is 0 Å². The van der Waals surface area contributed by atoms with Crippen LogP contribution in [-0.4, -0.2) is 9.97 Å². The van der Waals surface area contributed by atoms with Gasteiger partial charge >= 0.3 is 0 Å². The molecule has 5 heteroatoms. The van der Waals surface area contributed by atoms with Gasteiger partial charge in [0.05, 0.1) is 11.0 Å². The number of benzene rings is 2. The van der Waals surface area contributed by atoms with Crippen molar-refractivity contribution in [3.63, 3.8) is 0 Å². The van der Waals surface area contributed by atoms with Crippen LogP contribution in [0.1, 0.15) is 0 Å². The molecule has 0 saturated carbocycles. The molecule has 0 aliphatic rings. The smallest absolute Gasteiger partial charge is 0.180 e. The van der Waals surface area contributed by atoms with Crippen molar-refractivity contribution in [1.82, 2.24) is 9.97 Å². The lowest BCUT2D eigenvalue weighted by molar-refractivity contribution is -0.410. The number of nitrogens with zero attached hydrogens (tertiary/aromatic N) is 2. The minimum absolute atomic E-state index is 0.536. The minimum atomic E-state index is 0.536. The summed E-state index contributed by atoms with van der Waals surface area (Å²) in [5.74, 6) is 1.07. The fraction of sp³-hybridized carbons (Fsp3) is 0. The summed E-state index contributed by atoms with van der Waals surface area (Å²) < 4.78 is 0. The molecule has 0 saturated heterocycles. The number of para-hydroxylation sites is 2. The summed E-state index contributed by atoms with van der Waals surface area (Å²) in [5, 5.41) is 6.66. The van der Waals surface area contributed by atoms with E-state index in [1.807, 2.05) is 48.5 Å². The van der Waals surface area contributed by atoms with E-state index in [0.717, 1.165) is 21.8 Å². The summed E-state index contributed by atoms with van der Waals surface area (Å²) in [5.41, 5.74) is 1.64. The molecular weight excluding hydrogens is 292 g/mol. The van der Waals surface area contributed by atoms with Gasteiger partial charge in [0.2, 0.25) is 0 Å². The summed E-state index contributed by atoms with van der Waals surface area (Å²) in [6, 6.07) is 18.7. The number of hydrogen-bond acceptors (Lipinski definition) is 5. The normalized spacial score (nSPS) is 10.8. The zero-order chi connectivity index (χ0) is 15.5. The molecule has 0 unspecified atom stereocenters. The maximum Gasteiger partial charge on any atom is 0.180 e. The second-order valence-corrected chi connectivity index (χ2v) is 4.89. The summed E-state index contributed by atoms with van der Waals surface area (Å²) in [7, 11) is 0. The van der Waals surface area contributed by atoms with Crippen LogP contribution in [0.4, 0.5) is 0 Å². The highest BCUT2D eigenvalue weighted by molar-refractivity contribution is 5.85. The van der Waals surface area contributed by atoms with Crippen molar-refractivity contribution in [3.8, 4) is 11.5 Å². The van der Waals surface area contributed by atoms with Crippen molar-refractivity contribution in [2.75, 3.05) is 0 Å². The summed E-state index contributed by atoms with van der Waals surface area (Å²) in [6.07, 6.45) is 3.31. The highest BCUT2D eigenvalue weighted by Crippen LogP contribution is 2.26. The van der Waals surface area contributed by atoms with Gasteiger partial charge in [-0.2, -0.15) is 0 Å². The van der Waals surface area contributed by atoms with Gasteiger partial charge in [-0.3, -0.25) is 19.7 Å². The molecule has 0 spiro atoms. The monoisotopic (exact) mass is 304 g/mol. The predicted octanol–water partition coefficient (Wildman–Crippen LogP) is 4.09. The number of pyridine rings is 2. The van der Waals surface area contributed by atoms with Crippen LogP contribution in [0, 0.1) is 0 Å². The third-order valence-corrected chi connectivity index (χ3v) is 3.47. The molecule has 5 nitrogen and oxygen atoms in total. The van der Waals surface area contributed by atoms with Gasteiger partial charge in [-0.25, -0.2) is 0 Å². The molecule has 0 radical (unpaired) electrons. The first kappa shape index (κ1) is 13.5. The Morgan fingerprint density at radius 2 is 1.04 bits per heavy atom. The zero-order valence-electron chi connectivity index (χ0n) is 12.0. The quantitative estimate of drug-likeness (QED) is 0.420. The molecule has 0 bridgehead atoms. The van der Waals surface area contributed by atoms with Gasteiger partial charge in [0.15, 0.2) is 11.5 Å². The number of aromatic nitrogens is 2. The molecule has 0 amide bonds. The first-order valence-electron chi connectivity index (χ1n) is 7.10. The van der Waals surface area contributed by atoms with Gasteiger partial charge in [-0.05, 0) is 24.3 Å². The number of rotatable bonds is 4. The molecule has 23 heavy (non-hydrogen) atoms. The van der Waals surface area contributed by atoms with Crippen LogP contribution in [-0.2, 0) is 5.04 Å². The summed E-state index contributed by atoms with van der Waals surface area (Å²) in [6.45, 7) is 0. The van der Waals surface area contributed by atoms with E-state index in [0.29, 0.717) is 11.5 Å². The number of fused-ring (bicyclic) bond motifs is 2. The molecular formula is C18H12N2O3. The summed E-state index contributed by atoms with van der Waals surface area (Å²) >= 11 is 0. The molecule has 0 aliphatic heterocycles. The second kappa shape index (κ2) is 5.90. The molecule has 0 fully saturated rings. The standard InChI is InChI=1S/C18H12N2O3/c1-3-7-15-13(5-1)17(9-11-19-15)21-23-22-18-10-12-20-16-8-4-2-6-14(16)18/h1-12H. The number of hydrogen-bond donors (Lipinski definition) is 0. The third-order valence-electron chi connectivity index (χ3n) is 3.47. The summed E-state index contributed by atoms with van der Waals surface area (Å²) in [4.78, 5) is 19.1. The van der Waals surface area contributed by atoms with Crippen LogP contribution in [0.25, 0.3) is 21.8 Å². The van der Waals surface area contributed by atoms with E-state index in [9.17, 15) is 0 Å². The van der Waals surface area contributed by atoms with Crippen molar-refractivity contribution >= 4 is 21.8 Å². The Kier molecular flexibility index (Phi) is 3.46. The van der Waals surface area contributed by atoms with Crippen LogP contribution in [0.2, 0.25) is 0 Å². The van der Waals surface area contributed by atoms with E-state index in [-0.39, 0.29) is 0 Å². The maximum atomic E-state index is 5.29. The van der Waals surface area contributed by atoms with Crippen molar-refractivity contribution in [1.29, 1.82) is 0 Å². The van der Waals surface area contributed by atoms with E-state index >= 15 is 0 Å². The van der Waals surface area contributed by atoms with Gasteiger partial charge in [-0.1, -0.05) is 24.3 Å². The van der Waals surface area contributed by atoms with E-state index in [1.54, 1.807) is 24.5 Å². The average Bonchev–Trinajstić information content (AvgIpc) is 2.62.